The van der Waals surface area contributed by atoms with Gasteiger partial charge in [0.1, 0.15) is 23.2 Å². The topological polar surface area (TPSA) is 66.8 Å². The lowest BCUT2D eigenvalue weighted by Crippen LogP contribution is -2.38. The van der Waals surface area contributed by atoms with Crippen molar-refractivity contribution >= 4 is 5.78 Å². The first-order valence-corrected chi connectivity index (χ1v) is 5.39. The molecule has 84 valence electrons. The first-order valence-electron chi connectivity index (χ1n) is 5.39. The van der Waals surface area contributed by atoms with E-state index in [0.29, 0.717) is 18.6 Å². The van der Waals surface area contributed by atoms with Crippen molar-refractivity contribution in [1.29, 1.82) is 0 Å². The van der Waals surface area contributed by atoms with Crippen LogP contribution in [0.3, 0.4) is 0 Å². The summed E-state index contributed by atoms with van der Waals surface area (Å²) in [7, 11) is 0. The van der Waals surface area contributed by atoms with E-state index in [1.807, 2.05) is 0 Å². The minimum atomic E-state index is -0.648. The number of aliphatic hydroxyl groups is 1. The molecule has 0 aromatic heterocycles. The number of ether oxygens (including phenoxy) is 1. The Balaban J connectivity index is 2.11. The summed E-state index contributed by atoms with van der Waals surface area (Å²) in [6.07, 6.45) is 0.379. The summed E-state index contributed by atoms with van der Waals surface area (Å²) in [4.78, 5) is 12.1. The van der Waals surface area contributed by atoms with Gasteiger partial charge in [-0.05, 0) is 25.0 Å². The number of rotatable bonds is 0. The Labute approximate surface area is 92.5 Å². The molecule has 1 fully saturated rings. The molecule has 0 saturated heterocycles. The first-order chi connectivity index (χ1) is 7.68. The van der Waals surface area contributed by atoms with Crippen LogP contribution in [0.5, 0.6) is 11.5 Å². The fourth-order valence-electron chi connectivity index (χ4n) is 2.61. The SMILES string of the molecule is O=C1c2c(O)cccc2O[C@H]2CC[C@@H](O)[C@@H]12. The minimum Gasteiger partial charge on any atom is -0.507 e. The molecule has 1 aliphatic heterocycles. The molecular formula is C12H12O4. The monoisotopic (exact) mass is 220 g/mol. The highest BCUT2D eigenvalue weighted by Crippen LogP contribution is 2.42. The van der Waals surface area contributed by atoms with E-state index in [0.717, 1.165) is 0 Å². The number of benzene rings is 1. The molecule has 4 heteroatoms. The molecule has 1 aromatic rings. The number of ketones is 1. The van der Waals surface area contributed by atoms with E-state index >= 15 is 0 Å². The van der Waals surface area contributed by atoms with Gasteiger partial charge in [-0.1, -0.05) is 6.07 Å². The van der Waals surface area contributed by atoms with Gasteiger partial charge in [0.2, 0.25) is 0 Å². The molecule has 0 spiro atoms. The highest BCUT2D eigenvalue weighted by Gasteiger charge is 2.46. The number of aromatic hydroxyl groups is 1. The summed E-state index contributed by atoms with van der Waals surface area (Å²) in [5, 5.41) is 19.4. The van der Waals surface area contributed by atoms with Crippen molar-refractivity contribution in [3.8, 4) is 11.5 Å². The number of Topliss-reactive ketones (excluding diaryl/α,β-unsaturated/α-hetero) is 1. The molecule has 16 heavy (non-hydrogen) atoms. The summed E-state index contributed by atoms with van der Waals surface area (Å²) < 4.78 is 5.64. The van der Waals surface area contributed by atoms with E-state index in [9.17, 15) is 15.0 Å². The van der Waals surface area contributed by atoms with E-state index < -0.39 is 12.0 Å². The fraction of sp³-hybridized carbons (Fsp3) is 0.417. The zero-order valence-corrected chi connectivity index (χ0v) is 8.59. The lowest BCUT2D eigenvalue weighted by Gasteiger charge is -2.29. The van der Waals surface area contributed by atoms with Gasteiger partial charge in [-0.15, -0.1) is 0 Å². The Morgan fingerprint density at radius 3 is 2.94 bits per heavy atom. The third-order valence-electron chi connectivity index (χ3n) is 3.39. The number of carbonyl (C=O) groups is 1. The normalized spacial score (nSPS) is 31.8. The first kappa shape index (κ1) is 9.66. The molecule has 4 nitrogen and oxygen atoms in total. The number of hydrogen-bond acceptors (Lipinski definition) is 4. The van der Waals surface area contributed by atoms with Gasteiger partial charge >= 0.3 is 0 Å². The van der Waals surface area contributed by atoms with Gasteiger partial charge in [-0.3, -0.25) is 4.79 Å². The maximum atomic E-state index is 12.1. The summed E-state index contributed by atoms with van der Waals surface area (Å²) in [5.41, 5.74) is 0.213. The van der Waals surface area contributed by atoms with Gasteiger partial charge in [0.15, 0.2) is 5.78 Å². The third-order valence-corrected chi connectivity index (χ3v) is 3.39. The molecule has 3 rings (SSSR count). The van der Waals surface area contributed by atoms with Crippen LogP contribution < -0.4 is 4.74 Å². The van der Waals surface area contributed by atoms with Crippen LogP contribution in [0.4, 0.5) is 0 Å². The van der Waals surface area contributed by atoms with Crippen LogP contribution in [0.2, 0.25) is 0 Å². The standard InChI is InChI=1S/C12H12O4/c13-6-2-1-3-8-10(6)12(15)11-7(14)4-5-9(11)16-8/h1-3,7,9,11,13-14H,4-5H2/t7-,9+,11-/m1/s1. The van der Waals surface area contributed by atoms with Crippen molar-refractivity contribution in [2.24, 2.45) is 5.92 Å². The van der Waals surface area contributed by atoms with Crippen molar-refractivity contribution in [2.75, 3.05) is 0 Å². The van der Waals surface area contributed by atoms with E-state index in [1.54, 1.807) is 12.1 Å². The Bertz CT molecular complexity index is 454. The van der Waals surface area contributed by atoms with Crippen molar-refractivity contribution in [1.82, 2.24) is 0 Å². The number of phenolic OH excluding ortho intramolecular Hbond substituents is 1. The van der Waals surface area contributed by atoms with Crippen molar-refractivity contribution < 1.29 is 19.7 Å². The number of carbonyl (C=O) groups excluding carboxylic acids is 1. The van der Waals surface area contributed by atoms with E-state index in [4.69, 9.17) is 4.74 Å². The lowest BCUT2D eigenvalue weighted by molar-refractivity contribution is 0.0474. The molecule has 0 radical (unpaired) electrons. The zero-order valence-electron chi connectivity index (χ0n) is 8.59. The average Bonchev–Trinajstić information content (AvgIpc) is 2.60. The van der Waals surface area contributed by atoms with Crippen LogP contribution in [-0.4, -0.2) is 28.2 Å². The van der Waals surface area contributed by atoms with Gasteiger partial charge in [0.05, 0.1) is 12.0 Å². The van der Waals surface area contributed by atoms with Crippen LogP contribution in [0.15, 0.2) is 18.2 Å². The van der Waals surface area contributed by atoms with Gasteiger partial charge < -0.3 is 14.9 Å². The number of phenols is 1. The summed E-state index contributed by atoms with van der Waals surface area (Å²) in [6.45, 7) is 0. The van der Waals surface area contributed by atoms with Crippen molar-refractivity contribution in [3.63, 3.8) is 0 Å². The van der Waals surface area contributed by atoms with Crippen LogP contribution in [0.1, 0.15) is 23.2 Å². The predicted molar refractivity (Wildman–Crippen MR) is 55.6 cm³/mol. The molecule has 0 bridgehead atoms. The molecule has 1 heterocycles. The van der Waals surface area contributed by atoms with Gasteiger partial charge in [0.25, 0.3) is 0 Å². The summed E-state index contributed by atoms with van der Waals surface area (Å²) in [6, 6.07) is 4.78. The molecule has 1 aliphatic carbocycles. The van der Waals surface area contributed by atoms with E-state index in [1.165, 1.54) is 6.07 Å². The highest BCUT2D eigenvalue weighted by molar-refractivity contribution is 6.04. The van der Waals surface area contributed by atoms with Crippen LogP contribution >= 0.6 is 0 Å². The largest absolute Gasteiger partial charge is 0.507 e. The fourth-order valence-corrected chi connectivity index (χ4v) is 2.61. The Kier molecular flexibility index (Phi) is 1.94. The maximum Gasteiger partial charge on any atom is 0.179 e. The number of fused-ring (bicyclic) bond motifs is 2. The second-order valence-electron chi connectivity index (χ2n) is 4.34. The van der Waals surface area contributed by atoms with Crippen LogP contribution in [0, 0.1) is 5.92 Å². The molecule has 1 aromatic carbocycles. The highest BCUT2D eigenvalue weighted by atomic mass is 16.5. The third kappa shape index (κ3) is 1.16. The van der Waals surface area contributed by atoms with Gasteiger partial charge in [-0.25, -0.2) is 0 Å². The molecule has 2 aliphatic rings. The van der Waals surface area contributed by atoms with Gasteiger partial charge in [0, 0.05) is 0 Å². The second-order valence-corrected chi connectivity index (χ2v) is 4.34. The minimum absolute atomic E-state index is 0.0694. The zero-order chi connectivity index (χ0) is 11.3. The van der Waals surface area contributed by atoms with Crippen molar-refractivity contribution in [2.45, 2.75) is 25.0 Å². The van der Waals surface area contributed by atoms with Gasteiger partial charge in [-0.2, -0.15) is 0 Å². The average molecular weight is 220 g/mol. The summed E-state index contributed by atoms with van der Waals surface area (Å²) >= 11 is 0. The lowest BCUT2D eigenvalue weighted by atomic mass is 9.89. The summed E-state index contributed by atoms with van der Waals surface area (Å²) in [5.74, 6) is -0.351. The quantitative estimate of drug-likeness (QED) is 0.687. The molecule has 0 unspecified atom stereocenters. The number of hydrogen-bond donors (Lipinski definition) is 2. The Hall–Kier alpha value is -1.55. The molecule has 1 saturated carbocycles. The number of aliphatic hydroxyl groups excluding tert-OH is 1. The molecule has 2 N–H and O–H groups in total. The van der Waals surface area contributed by atoms with Crippen molar-refractivity contribution in [3.05, 3.63) is 23.8 Å². The molecular weight excluding hydrogens is 208 g/mol. The maximum absolute atomic E-state index is 12.1. The Morgan fingerprint density at radius 2 is 2.12 bits per heavy atom. The smallest absolute Gasteiger partial charge is 0.179 e. The second kappa shape index (κ2) is 3.22. The van der Waals surface area contributed by atoms with E-state index in [-0.39, 0.29) is 23.2 Å². The van der Waals surface area contributed by atoms with E-state index in [2.05, 4.69) is 0 Å². The molecule has 0 amide bonds. The Morgan fingerprint density at radius 1 is 1.31 bits per heavy atom. The van der Waals surface area contributed by atoms with Crippen LogP contribution in [0.25, 0.3) is 0 Å². The molecule has 3 atom stereocenters. The van der Waals surface area contributed by atoms with Crippen LogP contribution in [-0.2, 0) is 0 Å². The predicted octanol–water partition coefficient (Wildman–Crippen LogP) is 1.11.